The molecule has 1 unspecified atom stereocenters. The van der Waals surface area contributed by atoms with Gasteiger partial charge >= 0.3 is 0 Å². The van der Waals surface area contributed by atoms with E-state index in [9.17, 15) is 0 Å². The normalized spacial score (nSPS) is 21.7. The van der Waals surface area contributed by atoms with Gasteiger partial charge in [0, 0.05) is 20.3 Å². The van der Waals surface area contributed by atoms with Gasteiger partial charge in [-0.25, -0.2) is 0 Å². The van der Waals surface area contributed by atoms with E-state index in [1.807, 2.05) is 19.1 Å². The summed E-state index contributed by atoms with van der Waals surface area (Å²) in [6, 6.07) is 0. The van der Waals surface area contributed by atoms with Gasteiger partial charge in [-0.3, -0.25) is 4.99 Å². The molecule has 0 spiro atoms. The monoisotopic (exact) mass is 222 g/mol. The first-order valence-electron chi connectivity index (χ1n) is 5.85. The van der Waals surface area contributed by atoms with Crippen molar-refractivity contribution >= 4 is 5.71 Å². The third-order valence-electron chi connectivity index (χ3n) is 2.87. The van der Waals surface area contributed by atoms with Crippen molar-refractivity contribution in [1.29, 1.82) is 0 Å². The molecule has 3 heteroatoms. The number of dihydropyridines is 1. The molecular formula is C13H22N2O. The molecule has 0 saturated carbocycles. The molecule has 0 fully saturated rings. The van der Waals surface area contributed by atoms with Crippen LogP contribution in [0.5, 0.6) is 0 Å². The van der Waals surface area contributed by atoms with Gasteiger partial charge in [-0.1, -0.05) is 13.0 Å². The van der Waals surface area contributed by atoms with Crippen LogP contribution in [0.2, 0.25) is 0 Å². The summed E-state index contributed by atoms with van der Waals surface area (Å²) in [5.74, 6) is 0.464. The van der Waals surface area contributed by atoms with Crippen molar-refractivity contribution in [3.05, 3.63) is 23.4 Å². The van der Waals surface area contributed by atoms with E-state index < -0.39 is 0 Å². The van der Waals surface area contributed by atoms with E-state index in [4.69, 9.17) is 10.5 Å². The van der Waals surface area contributed by atoms with Crippen molar-refractivity contribution in [2.45, 2.75) is 26.7 Å². The fourth-order valence-corrected chi connectivity index (χ4v) is 1.95. The Morgan fingerprint density at radius 1 is 1.56 bits per heavy atom. The highest BCUT2D eigenvalue weighted by Crippen LogP contribution is 2.24. The molecule has 0 aromatic heterocycles. The van der Waals surface area contributed by atoms with E-state index in [-0.39, 0.29) is 0 Å². The van der Waals surface area contributed by atoms with Gasteiger partial charge in [0.25, 0.3) is 0 Å². The predicted molar refractivity (Wildman–Crippen MR) is 68.6 cm³/mol. The molecule has 0 radical (unpaired) electrons. The number of hydrogen-bond acceptors (Lipinski definition) is 3. The quantitative estimate of drug-likeness (QED) is 0.725. The molecule has 0 amide bonds. The Morgan fingerprint density at radius 3 is 2.94 bits per heavy atom. The second kappa shape index (κ2) is 6.48. The van der Waals surface area contributed by atoms with E-state index in [0.717, 1.165) is 37.4 Å². The van der Waals surface area contributed by atoms with Crippen molar-refractivity contribution in [1.82, 2.24) is 0 Å². The summed E-state index contributed by atoms with van der Waals surface area (Å²) in [7, 11) is 1.73. The molecule has 90 valence electrons. The topological polar surface area (TPSA) is 47.6 Å². The minimum atomic E-state index is 0.464. The predicted octanol–water partition coefficient (Wildman–Crippen LogP) is 2.29. The van der Waals surface area contributed by atoms with E-state index in [2.05, 4.69) is 11.9 Å². The SMILES string of the molecule is C/C=C\C1=NCC(C)C(CCCOC)=C1N. The van der Waals surface area contributed by atoms with Crippen LogP contribution in [0.25, 0.3) is 0 Å². The molecule has 1 aliphatic heterocycles. The second-order valence-corrected chi connectivity index (χ2v) is 4.16. The first-order valence-corrected chi connectivity index (χ1v) is 5.85. The van der Waals surface area contributed by atoms with Gasteiger partial charge in [0.15, 0.2) is 0 Å². The van der Waals surface area contributed by atoms with Crippen LogP contribution in [0.4, 0.5) is 0 Å². The molecule has 1 heterocycles. The second-order valence-electron chi connectivity index (χ2n) is 4.16. The number of allylic oxidation sites excluding steroid dienone is 2. The van der Waals surface area contributed by atoms with Crippen LogP contribution >= 0.6 is 0 Å². The molecule has 0 aromatic rings. The Bertz CT molecular complexity index is 316. The lowest BCUT2D eigenvalue weighted by Crippen LogP contribution is -2.23. The Kier molecular flexibility index (Phi) is 5.26. The van der Waals surface area contributed by atoms with Crippen LogP contribution < -0.4 is 5.73 Å². The smallest absolute Gasteiger partial charge is 0.0800 e. The molecule has 1 aliphatic rings. The highest BCUT2D eigenvalue weighted by molar-refractivity contribution is 6.08. The maximum atomic E-state index is 6.14. The molecule has 0 bridgehead atoms. The number of nitrogens with zero attached hydrogens (tertiary/aromatic N) is 1. The van der Waals surface area contributed by atoms with Gasteiger partial charge in [0.2, 0.25) is 0 Å². The fourth-order valence-electron chi connectivity index (χ4n) is 1.95. The third-order valence-corrected chi connectivity index (χ3v) is 2.87. The Hall–Kier alpha value is -1.09. The average molecular weight is 222 g/mol. The number of methoxy groups -OCH3 is 1. The molecule has 1 rings (SSSR count). The number of rotatable bonds is 5. The van der Waals surface area contributed by atoms with Crippen molar-refractivity contribution in [3.8, 4) is 0 Å². The van der Waals surface area contributed by atoms with Gasteiger partial charge < -0.3 is 10.5 Å². The summed E-state index contributed by atoms with van der Waals surface area (Å²) in [6.07, 6.45) is 6.00. The van der Waals surface area contributed by atoms with Crippen molar-refractivity contribution in [2.24, 2.45) is 16.6 Å². The van der Waals surface area contributed by atoms with Gasteiger partial charge in [0.1, 0.15) is 0 Å². The Labute approximate surface area is 98.1 Å². The van der Waals surface area contributed by atoms with Gasteiger partial charge in [0.05, 0.1) is 11.4 Å². The molecule has 3 nitrogen and oxygen atoms in total. The van der Waals surface area contributed by atoms with Gasteiger partial charge in [-0.2, -0.15) is 0 Å². The molecular weight excluding hydrogens is 200 g/mol. The first kappa shape index (κ1) is 13.0. The van der Waals surface area contributed by atoms with E-state index in [0.29, 0.717) is 5.92 Å². The highest BCUT2D eigenvalue weighted by Gasteiger charge is 2.18. The maximum absolute atomic E-state index is 6.14. The Balaban J connectivity index is 2.75. The van der Waals surface area contributed by atoms with Crippen molar-refractivity contribution in [3.63, 3.8) is 0 Å². The van der Waals surface area contributed by atoms with Crippen LogP contribution in [-0.4, -0.2) is 26.0 Å². The number of aliphatic imine (C=N–C) groups is 1. The van der Waals surface area contributed by atoms with Crippen LogP contribution in [0.15, 0.2) is 28.4 Å². The zero-order chi connectivity index (χ0) is 12.0. The zero-order valence-corrected chi connectivity index (χ0v) is 10.5. The zero-order valence-electron chi connectivity index (χ0n) is 10.5. The number of ether oxygens (including phenoxy) is 1. The maximum Gasteiger partial charge on any atom is 0.0800 e. The van der Waals surface area contributed by atoms with Crippen LogP contribution in [0.3, 0.4) is 0 Å². The molecule has 2 N–H and O–H groups in total. The van der Waals surface area contributed by atoms with Gasteiger partial charge in [-0.15, -0.1) is 0 Å². The lowest BCUT2D eigenvalue weighted by Gasteiger charge is -2.22. The lowest BCUT2D eigenvalue weighted by atomic mass is 9.91. The summed E-state index contributed by atoms with van der Waals surface area (Å²) in [6.45, 7) is 5.81. The minimum absolute atomic E-state index is 0.464. The average Bonchev–Trinajstić information content (AvgIpc) is 2.27. The van der Waals surface area contributed by atoms with Crippen LogP contribution in [-0.2, 0) is 4.74 Å². The molecule has 16 heavy (non-hydrogen) atoms. The number of nitrogens with two attached hydrogens (primary N) is 1. The molecule has 0 saturated heterocycles. The van der Waals surface area contributed by atoms with Crippen molar-refractivity contribution in [2.75, 3.05) is 20.3 Å². The summed E-state index contributed by atoms with van der Waals surface area (Å²) in [5.41, 5.74) is 9.28. The summed E-state index contributed by atoms with van der Waals surface area (Å²) in [4.78, 5) is 4.48. The highest BCUT2D eigenvalue weighted by atomic mass is 16.5. The van der Waals surface area contributed by atoms with Crippen LogP contribution in [0, 0.1) is 5.92 Å². The van der Waals surface area contributed by atoms with Crippen molar-refractivity contribution < 1.29 is 4.74 Å². The van der Waals surface area contributed by atoms with Gasteiger partial charge in [-0.05, 0) is 37.3 Å². The third kappa shape index (κ3) is 3.20. The van der Waals surface area contributed by atoms with E-state index >= 15 is 0 Å². The summed E-state index contributed by atoms with van der Waals surface area (Å²) >= 11 is 0. The standard InChI is InChI=1S/C13H22N2O/c1-4-6-12-13(14)11(7-5-8-16-3)10(2)9-15-12/h4,6,10H,5,7-9,14H2,1-3H3/b6-4-. The lowest BCUT2D eigenvalue weighted by molar-refractivity contribution is 0.194. The molecule has 0 aromatic carbocycles. The first-order chi connectivity index (χ1) is 7.70. The summed E-state index contributed by atoms with van der Waals surface area (Å²) < 4.78 is 5.07. The molecule has 1 atom stereocenters. The van der Waals surface area contributed by atoms with E-state index in [1.165, 1.54) is 5.57 Å². The fraction of sp³-hybridized carbons (Fsp3) is 0.615. The minimum Gasteiger partial charge on any atom is -0.397 e. The summed E-state index contributed by atoms with van der Waals surface area (Å²) in [5, 5.41) is 0. The van der Waals surface area contributed by atoms with E-state index in [1.54, 1.807) is 7.11 Å². The number of hydrogen-bond donors (Lipinski definition) is 1. The largest absolute Gasteiger partial charge is 0.397 e. The molecule has 0 aliphatic carbocycles. The Morgan fingerprint density at radius 2 is 2.31 bits per heavy atom. The van der Waals surface area contributed by atoms with Crippen LogP contribution in [0.1, 0.15) is 26.7 Å².